The van der Waals surface area contributed by atoms with Gasteiger partial charge in [-0.1, -0.05) is 71.7 Å². The molecule has 43 heavy (non-hydrogen) atoms. The molecule has 0 aliphatic rings. The summed E-state index contributed by atoms with van der Waals surface area (Å²) in [4.78, 5) is 29.3. The molecular formula is C33H41Cl2N3O4S. The van der Waals surface area contributed by atoms with Gasteiger partial charge in [0.1, 0.15) is 6.04 Å². The lowest BCUT2D eigenvalue weighted by atomic mass is 10.00. The third-order valence-electron chi connectivity index (χ3n) is 7.12. The second kappa shape index (κ2) is 14.6. The van der Waals surface area contributed by atoms with Gasteiger partial charge in [-0.2, -0.15) is 0 Å². The first kappa shape index (κ1) is 34.4. The quantitative estimate of drug-likeness (QED) is 0.237. The van der Waals surface area contributed by atoms with Crippen LogP contribution in [0.15, 0.2) is 66.7 Å². The predicted octanol–water partition coefficient (Wildman–Crippen LogP) is 6.71. The number of sulfonamides is 1. The molecule has 0 heterocycles. The minimum atomic E-state index is -3.61. The standard InChI is InChI=1S/C33H41Cl2N3O4S/c1-23-12-10-15-29(24(23)2)38(43(6,41)42)19-11-16-31(39)37(22-26-17-18-27(34)21-28(26)35)30(32(40)36-33(3,4)5)20-25-13-8-7-9-14-25/h7-10,12-15,17-18,21,30H,11,16,19-20,22H2,1-6H3,(H,36,40)/t30-/m1/s1. The molecule has 0 saturated carbocycles. The molecule has 10 heteroatoms. The number of hydrogen-bond donors (Lipinski definition) is 1. The fraction of sp³-hybridized carbons (Fsp3) is 0.394. The molecule has 0 saturated heterocycles. The van der Waals surface area contributed by atoms with Gasteiger partial charge in [-0.3, -0.25) is 13.9 Å². The largest absolute Gasteiger partial charge is 0.350 e. The number of halogens is 2. The Bertz CT molecular complexity index is 1540. The smallest absolute Gasteiger partial charge is 0.243 e. The van der Waals surface area contributed by atoms with Gasteiger partial charge in [0.2, 0.25) is 21.8 Å². The van der Waals surface area contributed by atoms with Crippen molar-refractivity contribution < 1.29 is 18.0 Å². The van der Waals surface area contributed by atoms with Crippen molar-refractivity contribution in [3.8, 4) is 0 Å². The van der Waals surface area contributed by atoms with E-state index >= 15 is 0 Å². The third kappa shape index (κ3) is 9.98. The molecule has 3 aromatic rings. The zero-order valence-electron chi connectivity index (χ0n) is 25.7. The van der Waals surface area contributed by atoms with Crippen molar-refractivity contribution in [3.05, 3.63) is 99.0 Å². The number of hydrogen-bond acceptors (Lipinski definition) is 4. The van der Waals surface area contributed by atoms with E-state index in [0.717, 1.165) is 22.9 Å². The molecule has 0 fully saturated rings. The van der Waals surface area contributed by atoms with Crippen molar-refractivity contribution in [2.75, 3.05) is 17.1 Å². The Kier molecular flexibility index (Phi) is 11.7. The van der Waals surface area contributed by atoms with Gasteiger partial charge < -0.3 is 10.2 Å². The van der Waals surface area contributed by atoms with Crippen LogP contribution >= 0.6 is 23.2 Å². The molecule has 0 aliphatic heterocycles. The highest BCUT2D eigenvalue weighted by Gasteiger charge is 2.32. The van der Waals surface area contributed by atoms with Crippen molar-refractivity contribution in [1.82, 2.24) is 10.2 Å². The van der Waals surface area contributed by atoms with Crippen LogP contribution in [0.4, 0.5) is 5.69 Å². The van der Waals surface area contributed by atoms with Crippen LogP contribution in [0.3, 0.4) is 0 Å². The first-order valence-corrected chi connectivity index (χ1v) is 16.8. The number of nitrogens with one attached hydrogen (secondary N) is 1. The second-order valence-corrected chi connectivity index (χ2v) is 14.6. The van der Waals surface area contributed by atoms with Crippen molar-refractivity contribution >= 4 is 50.7 Å². The van der Waals surface area contributed by atoms with E-state index in [1.807, 2.05) is 77.1 Å². The lowest BCUT2D eigenvalue weighted by Crippen LogP contribution is -2.54. The van der Waals surface area contributed by atoms with Gasteiger partial charge in [-0.15, -0.1) is 0 Å². The number of carbonyl (C=O) groups is 2. The third-order valence-corrected chi connectivity index (χ3v) is 8.89. The summed E-state index contributed by atoms with van der Waals surface area (Å²) in [7, 11) is -3.61. The molecule has 232 valence electrons. The summed E-state index contributed by atoms with van der Waals surface area (Å²) >= 11 is 12.7. The van der Waals surface area contributed by atoms with E-state index in [2.05, 4.69) is 5.32 Å². The maximum absolute atomic E-state index is 14.0. The van der Waals surface area contributed by atoms with E-state index in [-0.39, 0.29) is 44.2 Å². The van der Waals surface area contributed by atoms with Gasteiger partial charge in [-0.25, -0.2) is 8.42 Å². The SMILES string of the molecule is Cc1cccc(N(CCCC(=O)N(Cc2ccc(Cl)cc2Cl)[C@H](Cc2ccccc2)C(=O)NC(C)(C)C)S(C)(=O)=O)c1C. The van der Waals surface area contributed by atoms with Gasteiger partial charge in [0.25, 0.3) is 0 Å². The summed E-state index contributed by atoms with van der Waals surface area (Å²) in [5, 5.41) is 3.89. The molecule has 0 bridgehead atoms. The highest BCUT2D eigenvalue weighted by atomic mass is 35.5. The van der Waals surface area contributed by atoms with Gasteiger partial charge in [0.15, 0.2) is 0 Å². The van der Waals surface area contributed by atoms with E-state index in [4.69, 9.17) is 23.2 Å². The number of benzene rings is 3. The summed E-state index contributed by atoms with van der Waals surface area (Å²) in [6.45, 7) is 9.67. The summed E-state index contributed by atoms with van der Waals surface area (Å²) in [6, 6.07) is 19.2. The van der Waals surface area contributed by atoms with Gasteiger partial charge >= 0.3 is 0 Å². The maximum atomic E-state index is 14.0. The topological polar surface area (TPSA) is 86.8 Å². The lowest BCUT2D eigenvalue weighted by molar-refractivity contribution is -0.142. The normalized spacial score (nSPS) is 12.5. The fourth-order valence-electron chi connectivity index (χ4n) is 4.83. The Morgan fingerprint density at radius 2 is 1.63 bits per heavy atom. The van der Waals surface area contributed by atoms with Crippen LogP contribution in [-0.4, -0.2) is 49.5 Å². The summed E-state index contributed by atoms with van der Waals surface area (Å²) in [6.07, 6.45) is 1.73. The van der Waals surface area contributed by atoms with Crippen LogP contribution in [0.5, 0.6) is 0 Å². The van der Waals surface area contributed by atoms with Crippen LogP contribution in [0.2, 0.25) is 10.0 Å². The van der Waals surface area contributed by atoms with Gasteiger partial charge in [0.05, 0.1) is 11.9 Å². The Morgan fingerprint density at radius 3 is 2.23 bits per heavy atom. The number of aryl methyl sites for hydroxylation is 1. The molecule has 0 spiro atoms. The summed E-state index contributed by atoms with van der Waals surface area (Å²) in [5.41, 5.74) is 3.44. The molecular weight excluding hydrogens is 605 g/mol. The minimum Gasteiger partial charge on any atom is -0.350 e. The molecule has 0 aliphatic carbocycles. The second-order valence-electron chi connectivity index (χ2n) is 11.9. The molecule has 0 radical (unpaired) electrons. The Labute approximate surface area is 266 Å². The maximum Gasteiger partial charge on any atom is 0.243 e. The Morgan fingerprint density at radius 1 is 0.953 bits per heavy atom. The first-order valence-electron chi connectivity index (χ1n) is 14.2. The van der Waals surface area contributed by atoms with Crippen LogP contribution in [-0.2, 0) is 32.6 Å². The van der Waals surface area contributed by atoms with Crippen molar-refractivity contribution in [2.24, 2.45) is 0 Å². The van der Waals surface area contributed by atoms with E-state index < -0.39 is 21.6 Å². The van der Waals surface area contributed by atoms with Gasteiger partial charge in [-0.05, 0) is 81.5 Å². The monoisotopic (exact) mass is 645 g/mol. The molecule has 0 unspecified atom stereocenters. The van der Waals surface area contributed by atoms with E-state index in [9.17, 15) is 18.0 Å². The molecule has 3 rings (SSSR count). The van der Waals surface area contributed by atoms with E-state index in [0.29, 0.717) is 21.3 Å². The Hall–Kier alpha value is -3.07. The summed E-state index contributed by atoms with van der Waals surface area (Å²) < 4.78 is 26.9. The highest BCUT2D eigenvalue weighted by Crippen LogP contribution is 2.27. The molecule has 2 amide bonds. The van der Waals surface area contributed by atoms with Crippen LogP contribution in [0.1, 0.15) is 55.9 Å². The molecule has 1 N–H and O–H groups in total. The number of rotatable bonds is 12. The zero-order valence-corrected chi connectivity index (χ0v) is 28.0. The fourth-order valence-corrected chi connectivity index (χ4v) is 6.31. The van der Waals surface area contributed by atoms with Crippen LogP contribution in [0.25, 0.3) is 0 Å². The van der Waals surface area contributed by atoms with E-state index in [1.165, 1.54) is 4.31 Å². The van der Waals surface area contributed by atoms with Crippen LogP contribution < -0.4 is 9.62 Å². The lowest BCUT2D eigenvalue weighted by Gasteiger charge is -2.34. The number of anilines is 1. The highest BCUT2D eigenvalue weighted by molar-refractivity contribution is 7.92. The molecule has 1 atom stereocenters. The number of carbonyl (C=O) groups excluding carboxylic acids is 2. The first-order chi connectivity index (χ1) is 20.1. The van der Waals surface area contributed by atoms with Crippen LogP contribution in [0, 0.1) is 13.8 Å². The number of amides is 2. The van der Waals surface area contributed by atoms with Crippen molar-refractivity contribution in [3.63, 3.8) is 0 Å². The van der Waals surface area contributed by atoms with Gasteiger partial charge in [0, 0.05) is 41.5 Å². The summed E-state index contributed by atoms with van der Waals surface area (Å²) in [5.74, 6) is -0.576. The zero-order chi connectivity index (χ0) is 31.9. The minimum absolute atomic E-state index is 0.0240. The predicted molar refractivity (Wildman–Crippen MR) is 176 cm³/mol. The number of nitrogens with zero attached hydrogens (tertiary/aromatic N) is 2. The molecule has 7 nitrogen and oxygen atoms in total. The molecule has 0 aromatic heterocycles. The van der Waals surface area contributed by atoms with Crippen molar-refractivity contribution in [2.45, 2.75) is 72.0 Å². The van der Waals surface area contributed by atoms with Crippen molar-refractivity contribution in [1.29, 1.82) is 0 Å². The van der Waals surface area contributed by atoms with E-state index in [1.54, 1.807) is 29.2 Å². The molecule has 3 aromatic carbocycles. The average molecular weight is 647 g/mol. The Balaban J connectivity index is 1.95. The average Bonchev–Trinajstić information content (AvgIpc) is 2.90.